The third-order valence-corrected chi connectivity index (χ3v) is 6.86. The van der Waals surface area contributed by atoms with Crippen LogP contribution in [0.4, 0.5) is 22.0 Å². The number of nitrogens with one attached hydrogen (secondary N) is 1. The average molecular weight is 569 g/mol. The van der Waals surface area contributed by atoms with Gasteiger partial charge in [-0.05, 0) is 25.1 Å². The molecular formula is C19H17F5N6O5S2. The van der Waals surface area contributed by atoms with Crippen LogP contribution in [0.1, 0.15) is 38.8 Å². The quantitative estimate of drug-likeness (QED) is 0.410. The molecule has 2 aromatic heterocycles. The fourth-order valence-electron chi connectivity index (χ4n) is 2.88. The van der Waals surface area contributed by atoms with Gasteiger partial charge in [-0.15, -0.1) is 13.2 Å². The van der Waals surface area contributed by atoms with Crippen molar-refractivity contribution in [2.24, 2.45) is 0 Å². The van der Waals surface area contributed by atoms with Crippen LogP contribution in [0.3, 0.4) is 0 Å². The summed E-state index contributed by atoms with van der Waals surface area (Å²) < 4.78 is 92.6. The number of aromatic nitrogens is 4. The molecule has 1 atom stereocenters. The van der Waals surface area contributed by atoms with Crippen LogP contribution in [-0.4, -0.2) is 71.1 Å². The molecule has 0 unspecified atom stereocenters. The zero-order chi connectivity index (χ0) is 27.7. The highest BCUT2D eigenvalue weighted by atomic mass is 32.2. The zero-order valence-electron chi connectivity index (χ0n) is 19.0. The highest BCUT2D eigenvalue weighted by molar-refractivity contribution is 7.91. The lowest BCUT2D eigenvalue weighted by Gasteiger charge is -2.16. The molecule has 2 amide bonds. The number of carbonyl (C=O) groups is 2. The first kappa shape index (κ1) is 27.9. The predicted octanol–water partition coefficient (Wildman–Crippen LogP) is 2.81. The minimum Gasteiger partial charge on any atom is -0.406 e. The number of hydrogen-bond donors (Lipinski definition) is 1. The van der Waals surface area contributed by atoms with Crippen molar-refractivity contribution >= 4 is 33.0 Å². The summed E-state index contributed by atoms with van der Waals surface area (Å²) in [7, 11) is -2.26. The van der Waals surface area contributed by atoms with Gasteiger partial charge in [0.05, 0.1) is 17.1 Å². The maximum Gasteiger partial charge on any atom is 0.573 e. The Kier molecular flexibility index (Phi) is 7.82. The number of benzene rings is 1. The van der Waals surface area contributed by atoms with Crippen molar-refractivity contribution in [1.29, 1.82) is 0 Å². The number of amides is 2. The normalized spacial score (nSPS) is 12.9. The minimum atomic E-state index is -5.36. The van der Waals surface area contributed by atoms with Crippen LogP contribution in [-0.2, 0) is 9.84 Å². The van der Waals surface area contributed by atoms with Gasteiger partial charge >= 0.3 is 12.1 Å². The van der Waals surface area contributed by atoms with Crippen LogP contribution in [0.15, 0.2) is 35.6 Å². The third kappa shape index (κ3) is 6.37. The smallest absolute Gasteiger partial charge is 0.406 e. The molecule has 37 heavy (non-hydrogen) atoms. The van der Waals surface area contributed by atoms with Crippen molar-refractivity contribution in [3.8, 4) is 10.9 Å². The summed E-state index contributed by atoms with van der Waals surface area (Å²) in [5.74, 6) is -6.49. The molecule has 1 aromatic carbocycles. The highest BCUT2D eigenvalue weighted by Gasteiger charge is 2.34. The summed E-state index contributed by atoms with van der Waals surface area (Å²) in [6.07, 6.45) is -2.85. The molecule has 0 aliphatic rings. The van der Waals surface area contributed by atoms with Crippen LogP contribution >= 0.6 is 11.3 Å². The lowest BCUT2D eigenvalue weighted by Crippen LogP contribution is -2.29. The summed E-state index contributed by atoms with van der Waals surface area (Å²) in [5, 5.41) is 6.58. The molecule has 200 valence electrons. The Balaban J connectivity index is 1.91. The monoisotopic (exact) mass is 568 g/mol. The van der Waals surface area contributed by atoms with Gasteiger partial charge in [0.15, 0.2) is 5.82 Å². The van der Waals surface area contributed by atoms with Gasteiger partial charge in [-0.25, -0.2) is 18.4 Å². The molecule has 2 heterocycles. The fourth-order valence-corrected chi connectivity index (χ4v) is 4.56. The van der Waals surface area contributed by atoms with E-state index in [1.54, 1.807) is 14.1 Å². The first-order valence-corrected chi connectivity index (χ1v) is 12.3. The average Bonchev–Trinajstić information content (AvgIpc) is 3.46. The Morgan fingerprint density at radius 3 is 2.43 bits per heavy atom. The number of carbonyl (C=O) groups excluding carboxylic acids is 2. The Morgan fingerprint density at radius 1 is 1.16 bits per heavy atom. The molecule has 1 N–H and O–H groups in total. The number of ether oxygens (including phenoxy) is 1. The summed E-state index contributed by atoms with van der Waals surface area (Å²) >= 11 is 0.973. The van der Waals surface area contributed by atoms with Crippen molar-refractivity contribution in [3.63, 3.8) is 0 Å². The Hall–Kier alpha value is -3.67. The molecule has 0 saturated heterocycles. The van der Waals surface area contributed by atoms with Crippen molar-refractivity contribution in [2.45, 2.75) is 30.0 Å². The van der Waals surface area contributed by atoms with E-state index in [-0.39, 0.29) is 27.8 Å². The van der Waals surface area contributed by atoms with Gasteiger partial charge in [0, 0.05) is 19.7 Å². The van der Waals surface area contributed by atoms with E-state index in [9.17, 15) is 40.0 Å². The number of rotatable bonds is 8. The lowest BCUT2D eigenvalue weighted by molar-refractivity contribution is -0.274. The van der Waals surface area contributed by atoms with Gasteiger partial charge in [0.25, 0.3) is 11.8 Å². The molecule has 0 saturated carbocycles. The molecule has 0 radical (unpaired) electrons. The second-order valence-corrected chi connectivity index (χ2v) is 10.4. The molecule has 0 spiro atoms. The minimum absolute atomic E-state index is 0.0923. The van der Waals surface area contributed by atoms with E-state index in [1.807, 2.05) is 0 Å². The van der Waals surface area contributed by atoms with E-state index in [2.05, 4.69) is 25.1 Å². The Bertz CT molecular complexity index is 1420. The molecule has 0 aliphatic heterocycles. The van der Waals surface area contributed by atoms with E-state index < -0.39 is 50.1 Å². The van der Waals surface area contributed by atoms with Gasteiger partial charge in [-0.1, -0.05) is 11.3 Å². The van der Waals surface area contributed by atoms with E-state index in [0.29, 0.717) is 12.1 Å². The van der Waals surface area contributed by atoms with E-state index >= 15 is 0 Å². The van der Waals surface area contributed by atoms with Crippen LogP contribution in [0, 0.1) is 0 Å². The molecule has 18 heteroatoms. The second kappa shape index (κ2) is 10.4. The van der Waals surface area contributed by atoms with Gasteiger partial charge in [-0.3, -0.25) is 9.59 Å². The summed E-state index contributed by atoms with van der Waals surface area (Å²) in [5.41, 5.74) is -0.702. The molecule has 3 aromatic rings. The number of sulfone groups is 1. The maximum atomic E-state index is 13.0. The highest BCUT2D eigenvalue weighted by Crippen LogP contribution is 2.29. The van der Waals surface area contributed by atoms with Crippen LogP contribution in [0.5, 0.6) is 5.75 Å². The maximum absolute atomic E-state index is 13.0. The number of alkyl halides is 5. The lowest BCUT2D eigenvalue weighted by atomic mass is 10.2. The molecule has 3 rings (SSSR count). The Labute approximate surface area is 209 Å². The molecular weight excluding hydrogens is 551 g/mol. The molecule has 11 nitrogen and oxygen atoms in total. The zero-order valence-corrected chi connectivity index (χ0v) is 20.7. The van der Waals surface area contributed by atoms with Crippen molar-refractivity contribution in [3.05, 3.63) is 47.0 Å². The fraction of sp³-hybridized carbons (Fsp3) is 0.316. The number of hydrogen-bond acceptors (Lipinski definition) is 9. The second-order valence-electron chi connectivity index (χ2n) is 7.48. The molecule has 0 bridgehead atoms. The number of nitrogens with zero attached hydrogens (tertiary/aromatic N) is 5. The molecule has 0 aliphatic carbocycles. The van der Waals surface area contributed by atoms with Crippen molar-refractivity contribution < 1.29 is 44.7 Å². The van der Waals surface area contributed by atoms with E-state index in [4.69, 9.17) is 0 Å². The first-order chi connectivity index (χ1) is 17.1. The topological polar surface area (TPSA) is 136 Å². The summed E-state index contributed by atoms with van der Waals surface area (Å²) in [4.78, 5) is 33.4. The van der Waals surface area contributed by atoms with Gasteiger partial charge in [0.1, 0.15) is 17.0 Å². The number of thiazole rings is 1. The predicted molar refractivity (Wildman–Crippen MR) is 117 cm³/mol. The number of halogens is 5. The molecule has 0 fully saturated rings. The van der Waals surface area contributed by atoms with Gasteiger partial charge in [0.2, 0.25) is 15.0 Å². The summed E-state index contributed by atoms with van der Waals surface area (Å²) in [6, 6.07) is 0.289. The summed E-state index contributed by atoms with van der Waals surface area (Å²) in [6.45, 7) is 1.42. The van der Waals surface area contributed by atoms with Crippen LogP contribution in [0.2, 0.25) is 0 Å². The van der Waals surface area contributed by atoms with E-state index in [0.717, 1.165) is 17.7 Å². The van der Waals surface area contributed by atoms with Crippen LogP contribution in [0.25, 0.3) is 5.13 Å². The van der Waals surface area contributed by atoms with Crippen molar-refractivity contribution in [1.82, 2.24) is 30.0 Å². The van der Waals surface area contributed by atoms with Gasteiger partial charge < -0.3 is 15.0 Å². The third-order valence-electron chi connectivity index (χ3n) is 4.54. The van der Waals surface area contributed by atoms with E-state index in [1.165, 1.54) is 22.7 Å². The van der Waals surface area contributed by atoms with Gasteiger partial charge in [-0.2, -0.15) is 18.6 Å². The SMILES string of the molecule is C[C@H](NC(=O)c1cc(OC(F)(F)F)cc(S(=O)(=O)C(F)F)c1)c1ncnn1-c1ncc(C(=O)N(C)C)s1. The van der Waals surface area contributed by atoms with Crippen molar-refractivity contribution in [2.75, 3.05) is 14.1 Å². The first-order valence-electron chi connectivity index (χ1n) is 9.91. The van der Waals surface area contributed by atoms with Crippen LogP contribution < -0.4 is 10.1 Å². The largest absolute Gasteiger partial charge is 0.573 e. The Morgan fingerprint density at radius 2 is 1.84 bits per heavy atom. The standard InChI is InChI=1S/C19H17F5N6O5S2/c1-9(14-26-8-27-30(14)18-25-7-13(36-18)16(32)29(2)3)28-15(31)10-4-11(35-19(22,23)24)6-12(5-10)37(33,34)17(20)21/h4-9,17H,1-3H3,(H,28,31)/t9-/m0/s1.